The van der Waals surface area contributed by atoms with Crippen LogP contribution in [-0.2, 0) is 4.79 Å². The fourth-order valence-electron chi connectivity index (χ4n) is 2.64. The quantitative estimate of drug-likeness (QED) is 0.348. The second kappa shape index (κ2) is 9.51. The Hall–Kier alpha value is -1.77. The van der Waals surface area contributed by atoms with Crippen LogP contribution in [0.3, 0.4) is 0 Å². The molecule has 0 saturated heterocycles. The van der Waals surface area contributed by atoms with Crippen molar-refractivity contribution in [3.8, 4) is 11.5 Å². The molecule has 0 heterocycles. The normalized spacial score (nSPS) is 11.8. The van der Waals surface area contributed by atoms with Gasteiger partial charge in [0.05, 0.1) is 6.61 Å². The maximum Gasteiger partial charge on any atom is 0.308 e. The van der Waals surface area contributed by atoms with Crippen molar-refractivity contribution in [1.82, 2.24) is 0 Å². The van der Waals surface area contributed by atoms with Crippen molar-refractivity contribution in [1.29, 1.82) is 0 Å². The van der Waals surface area contributed by atoms with Crippen molar-refractivity contribution >= 4 is 5.97 Å². The molecule has 134 valence electrons. The third-order valence-electron chi connectivity index (χ3n) is 4.30. The van der Waals surface area contributed by atoms with Gasteiger partial charge in [0, 0.05) is 6.92 Å². The zero-order valence-electron chi connectivity index (χ0n) is 16.3. The number of hydrogen-bond donors (Lipinski definition) is 0. The van der Waals surface area contributed by atoms with Gasteiger partial charge in [0.2, 0.25) is 0 Å². The highest BCUT2D eigenvalue weighted by atomic mass is 16.5. The fourth-order valence-corrected chi connectivity index (χ4v) is 2.64. The standard InChI is InChI=1S/C21H32O3/c1-14(2)9-8-10-15(3)11-12-23-20-13-16(4)21(24-19(7)22)18(6)17(20)5/h9,13,15H,8,10-12H2,1-7H3/t15-/m0/s1. The van der Waals surface area contributed by atoms with Gasteiger partial charge in [0.15, 0.2) is 0 Å². The molecule has 0 aromatic heterocycles. The first-order valence-corrected chi connectivity index (χ1v) is 8.77. The highest BCUT2D eigenvalue weighted by Crippen LogP contribution is 2.33. The zero-order chi connectivity index (χ0) is 18.3. The molecule has 3 nitrogen and oxygen atoms in total. The van der Waals surface area contributed by atoms with E-state index >= 15 is 0 Å². The van der Waals surface area contributed by atoms with Gasteiger partial charge >= 0.3 is 5.97 Å². The van der Waals surface area contributed by atoms with Gasteiger partial charge in [-0.2, -0.15) is 0 Å². The molecule has 1 rings (SSSR count). The van der Waals surface area contributed by atoms with Crippen molar-refractivity contribution in [3.05, 3.63) is 34.4 Å². The fraction of sp³-hybridized carbons (Fsp3) is 0.571. The van der Waals surface area contributed by atoms with Gasteiger partial charge in [-0.3, -0.25) is 4.79 Å². The Bertz CT molecular complexity index is 596. The van der Waals surface area contributed by atoms with Gasteiger partial charge in [-0.15, -0.1) is 0 Å². The third-order valence-corrected chi connectivity index (χ3v) is 4.30. The minimum Gasteiger partial charge on any atom is -0.493 e. The predicted molar refractivity (Wildman–Crippen MR) is 99.9 cm³/mol. The molecule has 3 heteroatoms. The topological polar surface area (TPSA) is 35.5 Å². The molecule has 0 aliphatic carbocycles. The third kappa shape index (κ3) is 6.38. The van der Waals surface area contributed by atoms with Crippen LogP contribution in [-0.4, -0.2) is 12.6 Å². The predicted octanol–water partition coefficient (Wildman–Crippen LogP) is 5.69. The molecule has 0 aliphatic heterocycles. The molecular formula is C21H32O3. The Morgan fingerprint density at radius 1 is 1.12 bits per heavy atom. The summed E-state index contributed by atoms with van der Waals surface area (Å²) in [5.41, 5.74) is 4.32. The SMILES string of the molecule is CC(=O)Oc1c(C)cc(OCC[C@@H](C)CCC=C(C)C)c(C)c1C. The summed E-state index contributed by atoms with van der Waals surface area (Å²) in [5.74, 6) is 1.89. The summed E-state index contributed by atoms with van der Waals surface area (Å²) in [6.45, 7) is 14.6. The number of aryl methyl sites for hydroxylation is 1. The second-order valence-electron chi connectivity index (χ2n) is 6.97. The Morgan fingerprint density at radius 2 is 1.79 bits per heavy atom. The van der Waals surface area contributed by atoms with E-state index in [1.807, 2.05) is 26.8 Å². The van der Waals surface area contributed by atoms with E-state index in [1.165, 1.54) is 18.9 Å². The first-order chi connectivity index (χ1) is 11.2. The van der Waals surface area contributed by atoms with E-state index in [2.05, 4.69) is 26.8 Å². The van der Waals surface area contributed by atoms with E-state index < -0.39 is 0 Å². The molecule has 0 radical (unpaired) electrons. The number of hydrogen-bond acceptors (Lipinski definition) is 3. The van der Waals surface area contributed by atoms with E-state index in [4.69, 9.17) is 9.47 Å². The van der Waals surface area contributed by atoms with Crippen LogP contribution in [0.5, 0.6) is 11.5 Å². The molecule has 0 spiro atoms. The van der Waals surface area contributed by atoms with E-state index in [1.54, 1.807) is 0 Å². The molecule has 0 N–H and O–H groups in total. The minimum atomic E-state index is -0.292. The van der Waals surface area contributed by atoms with Crippen LogP contribution in [0.25, 0.3) is 0 Å². The zero-order valence-corrected chi connectivity index (χ0v) is 16.3. The Kier molecular flexibility index (Phi) is 8.03. The first-order valence-electron chi connectivity index (χ1n) is 8.77. The van der Waals surface area contributed by atoms with Crippen LogP contribution in [0.4, 0.5) is 0 Å². The lowest BCUT2D eigenvalue weighted by Crippen LogP contribution is -2.08. The molecule has 0 amide bonds. The van der Waals surface area contributed by atoms with Crippen LogP contribution >= 0.6 is 0 Å². The van der Waals surface area contributed by atoms with Crippen LogP contribution in [0.15, 0.2) is 17.7 Å². The lowest BCUT2D eigenvalue weighted by atomic mass is 10.0. The summed E-state index contributed by atoms with van der Waals surface area (Å²) < 4.78 is 11.3. The van der Waals surface area contributed by atoms with E-state index in [-0.39, 0.29) is 5.97 Å². The molecule has 0 saturated carbocycles. The molecule has 0 aliphatic rings. The first kappa shape index (κ1) is 20.3. The van der Waals surface area contributed by atoms with Crippen molar-refractivity contribution in [2.45, 2.75) is 67.7 Å². The van der Waals surface area contributed by atoms with Gasteiger partial charge in [0.1, 0.15) is 11.5 Å². The van der Waals surface area contributed by atoms with Gasteiger partial charge in [-0.05, 0) is 82.6 Å². The molecule has 1 aromatic carbocycles. The minimum absolute atomic E-state index is 0.292. The molecule has 0 bridgehead atoms. The highest BCUT2D eigenvalue weighted by Gasteiger charge is 2.14. The summed E-state index contributed by atoms with van der Waals surface area (Å²) in [4.78, 5) is 11.2. The Labute approximate surface area is 147 Å². The summed E-state index contributed by atoms with van der Waals surface area (Å²) in [6, 6.07) is 1.97. The lowest BCUT2D eigenvalue weighted by molar-refractivity contribution is -0.131. The van der Waals surface area contributed by atoms with Crippen molar-refractivity contribution < 1.29 is 14.3 Å². The number of allylic oxidation sites excluding steroid dienone is 2. The average Bonchev–Trinajstić information content (AvgIpc) is 2.48. The van der Waals surface area contributed by atoms with Crippen LogP contribution in [0.1, 0.15) is 63.6 Å². The maximum absolute atomic E-state index is 11.2. The number of benzene rings is 1. The number of ether oxygens (including phenoxy) is 2. The van der Waals surface area contributed by atoms with Crippen molar-refractivity contribution in [2.75, 3.05) is 6.61 Å². The smallest absolute Gasteiger partial charge is 0.308 e. The van der Waals surface area contributed by atoms with E-state index in [0.717, 1.165) is 35.3 Å². The van der Waals surface area contributed by atoms with Gasteiger partial charge in [-0.25, -0.2) is 0 Å². The monoisotopic (exact) mass is 332 g/mol. The summed E-state index contributed by atoms with van der Waals surface area (Å²) in [5, 5.41) is 0. The average molecular weight is 332 g/mol. The van der Waals surface area contributed by atoms with Crippen LogP contribution in [0, 0.1) is 26.7 Å². The Morgan fingerprint density at radius 3 is 2.38 bits per heavy atom. The van der Waals surface area contributed by atoms with Crippen LogP contribution in [0.2, 0.25) is 0 Å². The van der Waals surface area contributed by atoms with Gasteiger partial charge in [-0.1, -0.05) is 18.6 Å². The van der Waals surface area contributed by atoms with Crippen molar-refractivity contribution in [3.63, 3.8) is 0 Å². The van der Waals surface area contributed by atoms with Crippen molar-refractivity contribution in [2.24, 2.45) is 5.92 Å². The van der Waals surface area contributed by atoms with E-state index in [0.29, 0.717) is 18.3 Å². The summed E-state index contributed by atoms with van der Waals surface area (Å²) >= 11 is 0. The second-order valence-corrected chi connectivity index (χ2v) is 6.97. The maximum atomic E-state index is 11.2. The number of carbonyl (C=O) groups excluding carboxylic acids is 1. The number of rotatable bonds is 8. The number of carbonyl (C=O) groups is 1. The molecular weight excluding hydrogens is 300 g/mol. The molecule has 1 atom stereocenters. The Balaban J connectivity index is 2.63. The summed E-state index contributed by atoms with van der Waals surface area (Å²) in [7, 11) is 0. The summed E-state index contributed by atoms with van der Waals surface area (Å²) in [6.07, 6.45) is 5.66. The number of esters is 1. The van der Waals surface area contributed by atoms with Crippen LogP contribution < -0.4 is 9.47 Å². The highest BCUT2D eigenvalue weighted by molar-refractivity contribution is 5.71. The molecule has 0 fully saturated rings. The molecule has 24 heavy (non-hydrogen) atoms. The lowest BCUT2D eigenvalue weighted by Gasteiger charge is -2.17. The molecule has 0 unspecified atom stereocenters. The van der Waals surface area contributed by atoms with Gasteiger partial charge in [0.25, 0.3) is 0 Å². The molecule has 1 aromatic rings. The van der Waals surface area contributed by atoms with Gasteiger partial charge < -0.3 is 9.47 Å². The van der Waals surface area contributed by atoms with E-state index in [9.17, 15) is 4.79 Å². The largest absolute Gasteiger partial charge is 0.493 e.